The molecule has 0 aliphatic carbocycles. The van der Waals surface area contributed by atoms with Gasteiger partial charge in [-0.3, -0.25) is 4.79 Å². The maximum absolute atomic E-state index is 13.6. The lowest BCUT2D eigenvalue weighted by Gasteiger charge is -2.35. The zero-order valence-corrected chi connectivity index (χ0v) is 13.1. The molecule has 2 aromatic carbocycles. The lowest BCUT2D eigenvalue weighted by Crippen LogP contribution is -2.42. The van der Waals surface area contributed by atoms with Crippen LogP contribution in [0.1, 0.15) is 15.9 Å². The molecule has 0 radical (unpaired) electrons. The number of benzene rings is 2. The van der Waals surface area contributed by atoms with Gasteiger partial charge in [-0.1, -0.05) is 12.1 Å². The summed E-state index contributed by atoms with van der Waals surface area (Å²) in [5.74, 6) is 0.702. The summed E-state index contributed by atoms with van der Waals surface area (Å²) in [4.78, 5) is 13.0. The number of carbonyl (C=O) groups is 1. The highest BCUT2D eigenvalue weighted by Gasteiger charge is 2.45. The number of carbonyl (C=O) groups excluding carboxylic acids is 1. The Morgan fingerprint density at radius 1 is 1.27 bits per heavy atom. The van der Waals surface area contributed by atoms with Gasteiger partial charge in [0.2, 0.25) is 0 Å². The predicted molar refractivity (Wildman–Crippen MR) is 84.4 cm³/mol. The van der Waals surface area contributed by atoms with Crippen LogP contribution in [-0.4, -0.2) is 25.8 Å². The van der Waals surface area contributed by atoms with Crippen molar-refractivity contribution < 1.29 is 18.7 Å². The second kappa shape index (κ2) is 5.65. The molecular formula is C17H15FO3S. The van der Waals surface area contributed by atoms with E-state index in [-0.39, 0.29) is 18.2 Å². The van der Waals surface area contributed by atoms with Crippen molar-refractivity contribution in [2.24, 2.45) is 0 Å². The molecule has 3 rings (SSSR count). The molecule has 1 aliphatic rings. The summed E-state index contributed by atoms with van der Waals surface area (Å²) in [6.45, 7) is 0.163. The molecule has 0 aromatic heterocycles. The number of hydrogen-bond acceptors (Lipinski definition) is 4. The molecule has 1 heterocycles. The number of Topliss-reactive ketones (excluding diaryl/α,β-unsaturated/α-hetero) is 1. The second-order valence-electron chi connectivity index (χ2n) is 5.02. The number of halogens is 1. The maximum Gasteiger partial charge on any atom is 0.190 e. The number of hydrogen-bond donors (Lipinski definition) is 0. The summed E-state index contributed by atoms with van der Waals surface area (Å²) in [6, 6.07) is 11.2. The van der Waals surface area contributed by atoms with E-state index in [1.165, 1.54) is 23.9 Å². The first-order chi connectivity index (χ1) is 10.6. The molecule has 114 valence electrons. The SMILES string of the molecule is COc1ccc2c(c1)OCC(SC)(c1cccc(F)c1)C2=O. The zero-order chi connectivity index (χ0) is 15.7. The molecule has 0 spiro atoms. The monoisotopic (exact) mass is 318 g/mol. The van der Waals surface area contributed by atoms with Crippen molar-refractivity contribution in [2.75, 3.05) is 20.0 Å². The minimum absolute atomic E-state index is 0.0745. The molecule has 1 unspecified atom stereocenters. The van der Waals surface area contributed by atoms with Crippen LogP contribution in [0, 0.1) is 5.82 Å². The van der Waals surface area contributed by atoms with E-state index in [1.54, 1.807) is 37.4 Å². The number of methoxy groups -OCH3 is 1. The number of fused-ring (bicyclic) bond motifs is 1. The van der Waals surface area contributed by atoms with Gasteiger partial charge in [0.1, 0.15) is 28.7 Å². The van der Waals surface area contributed by atoms with Crippen LogP contribution in [0.25, 0.3) is 0 Å². The van der Waals surface area contributed by atoms with Crippen LogP contribution in [0.15, 0.2) is 42.5 Å². The van der Waals surface area contributed by atoms with Gasteiger partial charge < -0.3 is 9.47 Å². The van der Waals surface area contributed by atoms with Crippen LogP contribution in [0.2, 0.25) is 0 Å². The molecule has 22 heavy (non-hydrogen) atoms. The Bertz CT molecular complexity index is 732. The molecule has 1 aliphatic heterocycles. The number of thioether (sulfide) groups is 1. The van der Waals surface area contributed by atoms with E-state index in [0.717, 1.165) is 0 Å². The fourth-order valence-corrected chi connectivity index (χ4v) is 3.46. The first-order valence-corrected chi connectivity index (χ1v) is 8.00. The molecule has 0 amide bonds. The number of ketones is 1. The fraction of sp³-hybridized carbons (Fsp3) is 0.235. The van der Waals surface area contributed by atoms with Gasteiger partial charge in [0, 0.05) is 6.07 Å². The highest BCUT2D eigenvalue weighted by Crippen LogP contribution is 2.44. The quantitative estimate of drug-likeness (QED) is 0.865. The van der Waals surface area contributed by atoms with Gasteiger partial charge in [-0.15, -0.1) is 11.8 Å². The van der Waals surface area contributed by atoms with E-state index in [1.807, 2.05) is 6.26 Å². The van der Waals surface area contributed by atoms with Crippen LogP contribution in [0.4, 0.5) is 4.39 Å². The highest BCUT2D eigenvalue weighted by atomic mass is 32.2. The van der Waals surface area contributed by atoms with Gasteiger partial charge in [-0.25, -0.2) is 4.39 Å². The van der Waals surface area contributed by atoms with Gasteiger partial charge in [-0.2, -0.15) is 0 Å². The third-order valence-electron chi connectivity index (χ3n) is 3.87. The molecule has 0 saturated carbocycles. The van der Waals surface area contributed by atoms with Crippen LogP contribution in [-0.2, 0) is 4.75 Å². The number of rotatable bonds is 3. The summed E-state index contributed by atoms with van der Waals surface area (Å²) in [5, 5.41) is 0. The Hall–Kier alpha value is -2.01. The summed E-state index contributed by atoms with van der Waals surface area (Å²) in [7, 11) is 1.56. The van der Waals surface area contributed by atoms with Gasteiger partial charge in [0.05, 0.1) is 12.7 Å². The lowest BCUT2D eigenvalue weighted by molar-refractivity contribution is 0.0867. The molecule has 1 atom stereocenters. The van der Waals surface area contributed by atoms with Crippen LogP contribution < -0.4 is 9.47 Å². The lowest BCUT2D eigenvalue weighted by atomic mass is 9.88. The molecular weight excluding hydrogens is 303 g/mol. The Kier molecular flexibility index (Phi) is 3.83. The topological polar surface area (TPSA) is 35.5 Å². The van der Waals surface area contributed by atoms with Crippen molar-refractivity contribution in [3.05, 3.63) is 59.4 Å². The molecule has 0 saturated heterocycles. The van der Waals surface area contributed by atoms with Crippen molar-refractivity contribution in [3.8, 4) is 11.5 Å². The standard InChI is InChI=1S/C17H15FO3S/c1-20-13-6-7-14-15(9-13)21-10-17(22-2,16(14)19)11-4-3-5-12(18)8-11/h3-9H,10H2,1-2H3. The first-order valence-electron chi connectivity index (χ1n) is 6.77. The van der Waals surface area contributed by atoms with Crippen molar-refractivity contribution in [1.29, 1.82) is 0 Å². The molecule has 0 fully saturated rings. The summed E-state index contributed by atoms with van der Waals surface area (Å²) >= 11 is 1.36. The van der Waals surface area contributed by atoms with Gasteiger partial charge in [0.15, 0.2) is 5.78 Å². The molecule has 0 bridgehead atoms. The maximum atomic E-state index is 13.6. The largest absolute Gasteiger partial charge is 0.497 e. The smallest absolute Gasteiger partial charge is 0.190 e. The van der Waals surface area contributed by atoms with Gasteiger partial charge in [0.25, 0.3) is 0 Å². The van der Waals surface area contributed by atoms with Gasteiger partial charge in [-0.05, 0) is 36.1 Å². The number of ether oxygens (including phenoxy) is 2. The predicted octanol–water partition coefficient (Wildman–Crippen LogP) is 3.67. The first kappa shape index (κ1) is 14.9. The molecule has 5 heteroatoms. The highest BCUT2D eigenvalue weighted by molar-refractivity contribution is 8.00. The molecule has 2 aromatic rings. The third-order valence-corrected chi connectivity index (χ3v) is 5.11. The Balaban J connectivity index is 2.09. The summed E-state index contributed by atoms with van der Waals surface area (Å²) in [6.07, 6.45) is 1.83. The van der Waals surface area contributed by atoms with E-state index in [0.29, 0.717) is 22.6 Å². The van der Waals surface area contributed by atoms with Crippen molar-refractivity contribution in [1.82, 2.24) is 0 Å². The van der Waals surface area contributed by atoms with E-state index >= 15 is 0 Å². The van der Waals surface area contributed by atoms with E-state index < -0.39 is 4.75 Å². The van der Waals surface area contributed by atoms with Gasteiger partial charge >= 0.3 is 0 Å². The van der Waals surface area contributed by atoms with Crippen LogP contribution >= 0.6 is 11.8 Å². The third kappa shape index (κ3) is 2.25. The summed E-state index contributed by atoms with van der Waals surface area (Å²) in [5.41, 5.74) is 1.11. The normalized spacial score (nSPS) is 20.2. The average molecular weight is 318 g/mol. The van der Waals surface area contributed by atoms with E-state index in [4.69, 9.17) is 9.47 Å². The van der Waals surface area contributed by atoms with E-state index in [9.17, 15) is 9.18 Å². The second-order valence-corrected chi connectivity index (χ2v) is 6.13. The summed E-state index contributed by atoms with van der Waals surface area (Å²) < 4.78 is 23.6. The Morgan fingerprint density at radius 2 is 2.09 bits per heavy atom. The average Bonchev–Trinajstić information content (AvgIpc) is 2.55. The molecule has 3 nitrogen and oxygen atoms in total. The zero-order valence-electron chi connectivity index (χ0n) is 12.3. The minimum atomic E-state index is -0.927. The minimum Gasteiger partial charge on any atom is -0.497 e. The van der Waals surface area contributed by atoms with E-state index in [2.05, 4.69) is 0 Å². The van der Waals surface area contributed by atoms with Crippen molar-refractivity contribution in [2.45, 2.75) is 4.75 Å². The Morgan fingerprint density at radius 3 is 2.77 bits per heavy atom. The molecule has 0 N–H and O–H groups in total. The van der Waals surface area contributed by atoms with Crippen molar-refractivity contribution in [3.63, 3.8) is 0 Å². The van der Waals surface area contributed by atoms with Crippen LogP contribution in [0.3, 0.4) is 0 Å². The van der Waals surface area contributed by atoms with Crippen molar-refractivity contribution >= 4 is 17.5 Å². The Labute approximate surface area is 132 Å². The fourth-order valence-electron chi connectivity index (χ4n) is 2.62. The van der Waals surface area contributed by atoms with Crippen LogP contribution in [0.5, 0.6) is 11.5 Å².